The number of primary amides is 1. The van der Waals surface area contributed by atoms with Gasteiger partial charge in [-0.3, -0.25) is 14.4 Å². The van der Waals surface area contributed by atoms with Gasteiger partial charge in [-0.1, -0.05) is 125 Å². The molecule has 1 aromatic heterocycles. The minimum absolute atomic E-state index is 0.0336. The van der Waals surface area contributed by atoms with Crippen molar-refractivity contribution in [3.63, 3.8) is 0 Å². The Morgan fingerprint density at radius 1 is 0.627 bits per heavy atom. The topological polar surface area (TPSA) is 236 Å². The van der Waals surface area contributed by atoms with E-state index in [1.54, 1.807) is 34.6 Å². The molecule has 0 saturated carbocycles. The average molecular weight is 990 g/mol. The fourth-order valence-electron chi connectivity index (χ4n) is 5.97. The molecule has 0 aliphatic heterocycles. The summed E-state index contributed by atoms with van der Waals surface area (Å²) in [6.07, 6.45) is 2.51. The molecule has 4 aromatic carbocycles. The molecular formula is C50H61BrN4O12. The largest absolute Gasteiger partial charge is 0.466 e. The van der Waals surface area contributed by atoms with E-state index in [1.165, 1.54) is 6.26 Å². The van der Waals surface area contributed by atoms with Crippen molar-refractivity contribution in [2.45, 2.75) is 72.4 Å². The summed E-state index contributed by atoms with van der Waals surface area (Å²) >= 11 is 2.83. The zero-order chi connectivity index (χ0) is 49.4. The number of oxazole rings is 1. The Balaban J connectivity index is 0.000000378. The molecule has 67 heavy (non-hydrogen) atoms. The number of esters is 4. The van der Waals surface area contributed by atoms with Crippen LogP contribution in [0.4, 0.5) is 10.8 Å². The molecule has 0 bridgehead atoms. The van der Waals surface area contributed by atoms with Crippen molar-refractivity contribution in [1.29, 1.82) is 0 Å². The fraction of sp³-hybridized carbons (Fsp3) is 0.340. The number of aliphatic hydroxyl groups excluding tert-OH is 1. The van der Waals surface area contributed by atoms with Crippen LogP contribution in [0.15, 0.2) is 120 Å². The number of aliphatic hydroxyl groups is 1. The van der Waals surface area contributed by atoms with E-state index in [2.05, 4.69) is 60.5 Å². The lowest BCUT2D eigenvalue weighted by molar-refractivity contribution is -0.152. The highest BCUT2D eigenvalue weighted by Crippen LogP contribution is 2.22. The monoisotopic (exact) mass is 988 g/mol. The lowest BCUT2D eigenvalue weighted by Gasteiger charge is -2.17. The quantitative estimate of drug-likeness (QED) is 0.0251. The van der Waals surface area contributed by atoms with Crippen LogP contribution in [0.3, 0.4) is 0 Å². The maximum atomic E-state index is 12.1. The van der Waals surface area contributed by atoms with Gasteiger partial charge in [0, 0.05) is 18.7 Å². The number of Topliss-reactive ketones (excluding diaryl/α,β-unsaturated/α-hetero) is 1. The molecule has 16 nitrogen and oxygen atoms in total. The maximum Gasteiger partial charge on any atom is 0.375 e. The maximum absolute atomic E-state index is 12.1. The van der Waals surface area contributed by atoms with Crippen LogP contribution in [0.2, 0.25) is 0 Å². The van der Waals surface area contributed by atoms with Gasteiger partial charge in [-0.15, -0.1) is 0 Å². The predicted molar refractivity (Wildman–Crippen MR) is 258 cm³/mol. The molecule has 5 N–H and O–H groups in total. The second-order valence-electron chi connectivity index (χ2n) is 14.0. The summed E-state index contributed by atoms with van der Waals surface area (Å²) in [6.45, 7) is 9.93. The highest BCUT2D eigenvalue weighted by Gasteiger charge is 2.21. The molecule has 1 heterocycles. The number of nitrogens with one attached hydrogen (secondary N) is 2. The number of aromatic nitrogens is 1. The number of urea groups is 1. The van der Waals surface area contributed by atoms with Gasteiger partial charge in [0.05, 0.1) is 44.6 Å². The second-order valence-corrected chi connectivity index (χ2v) is 14.5. The van der Waals surface area contributed by atoms with Gasteiger partial charge in [-0.25, -0.2) is 14.4 Å². The number of ether oxygens (including phenoxy) is 4. The predicted octanol–water partition coefficient (Wildman–Crippen LogP) is 7.89. The lowest BCUT2D eigenvalue weighted by Crippen LogP contribution is -2.41. The van der Waals surface area contributed by atoms with Gasteiger partial charge < -0.3 is 44.8 Å². The van der Waals surface area contributed by atoms with Crippen molar-refractivity contribution in [1.82, 2.24) is 10.3 Å². The van der Waals surface area contributed by atoms with E-state index in [0.29, 0.717) is 26.1 Å². The van der Waals surface area contributed by atoms with Crippen LogP contribution < -0.4 is 16.4 Å². The number of carbonyl (C=O) groups excluding carboxylic acids is 6. The summed E-state index contributed by atoms with van der Waals surface area (Å²) in [7, 11) is 0. The number of ketones is 1. The van der Waals surface area contributed by atoms with Crippen LogP contribution in [0.1, 0.15) is 69.1 Å². The fourth-order valence-corrected chi connectivity index (χ4v) is 6.20. The lowest BCUT2D eigenvalue weighted by atomic mass is 9.99. The zero-order valence-electron chi connectivity index (χ0n) is 38.5. The summed E-state index contributed by atoms with van der Waals surface area (Å²) < 4.78 is 24.7. The number of hydrogen-bond donors (Lipinski definition) is 4. The van der Waals surface area contributed by atoms with Crippen molar-refractivity contribution in [3.05, 3.63) is 132 Å². The number of anilines is 1. The van der Waals surface area contributed by atoms with Crippen LogP contribution in [0.25, 0.3) is 22.3 Å². The zero-order valence-corrected chi connectivity index (χ0v) is 40.1. The minimum Gasteiger partial charge on any atom is -0.466 e. The van der Waals surface area contributed by atoms with E-state index in [-0.39, 0.29) is 73.7 Å². The Morgan fingerprint density at radius 3 is 1.46 bits per heavy atom. The summed E-state index contributed by atoms with van der Waals surface area (Å²) in [5.74, 6) is -2.54. The number of rotatable bonds is 20. The molecule has 5 aromatic rings. The van der Waals surface area contributed by atoms with Crippen molar-refractivity contribution in [2.24, 2.45) is 5.73 Å². The summed E-state index contributed by atoms with van der Waals surface area (Å²) in [5.41, 5.74) is 11.8. The molecule has 0 aliphatic carbocycles. The summed E-state index contributed by atoms with van der Waals surface area (Å²) in [4.78, 5) is 71.5. The first-order valence-corrected chi connectivity index (χ1v) is 22.8. The first kappa shape index (κ1) is 56.3. The first-order valence-electron chi connectivity index (χ1n) is 21.7. The molecule has 17 heteroatoms. The van der Waals surface area contributed by atoms with Crippen molar-refractivity contribution >= 4 is 57.6 Å². The van der Waals surface area contributed by atoms with Gasteiger partial charge in [0.1, 0.15) is 6.26 Å². The summed E-state index contributed by atoms with van der Waals surface area (Å²) in [6, 6.07) is 35.2. The Hall–Kier alpha value is -6.85. The number of hydrogen-bond acceptors (Lipinski definition) is 14. The van der Waals surface area contributed by atoms with Crippen molar-refractivity contribution in [2.75, 3.05) is 43.7 Å². The van der Waals surface area contributed by atoms with Gasteiger partial charge >= 0.3 is 29.9 Å². The average Bonchev–Trinajstić information content (AvgIpc) is 3.79. The molecule has 0 spiro atoms. The van der Waals surface area contributed by atoms with E-state index in [1.807, 2.05) is 84.9 Å². The van der Waals surface area contributed by atoms with Crippen LogP contribution in [0.5, 0.6) is 0 Å². The van der Waals surface area contributed by atoms with E-state index >= 15 is 0 Å². The Bertz CT molecular complexity index is 2220. The number of benzene rings is 4. The Labute approximate surface area is 400 Å². The van der Waals surface area contributed by atoms with E-state index in [0.717, 1.165) is 33.4 Å². The van der Waals surface area contributed by atoms with E-state index in [9.17, 15) is 28.8 Å². The molecule has 0 saturated heterocycles. The van der Waals surface area contributed by atoms with Crippen LogP contribution >= 0.6 is 15.9 Å². The third-order valence-electron chi connectivity index (χ3n) is 8.81. The van der Waals surface area contributed by atoms with E-state index in [4.69, 9.17) is 29.5 Å². The van der Waals surface area contributed by atoms with Crippen molar-refractivity contribution < 1.29 is 57.2 Å². The van der Waals surface area contributed by atoms with Gasteiger partial charge in [-0.05, 0) is 80.8 Å². The molecule has 0 aliphatic rings. The highest BCUT2D eigenvalue weighted by atomic mass is 79.9. The smallest absolute Gasteiger partial charge is 0.375 e. The van der Waals surface area contributed by atoms with Crippen LogP contribution in [-0.2, 0) is 51.0 Å². The van der Waals surface area contributed by atoms with Gasteiger partial charge in [0.25, 0.3) is 6.01 Å². The van der Waals surface area contributed by atoms with Gasteiger partial charge in [0.2, 0.25) is 5.78 Å². The molecule has 0 radical (unpaired) electrons. The Morgan fingerprint density at radius 2 is 1.04 bits per heavy atom. The van der Waals surface area contributed by atoms with E-state index < -0.39 is 23.8 Å². The third kappa shape index (κ3) is 22.8. The molecule has 360 valence electrons. The van der Waals surface area contributed by atoms with Crippen molar-refractivity contribution in [3.8, 4) is 22.3 Å². The third-order valence-corrected chi connectivity index (χ3v) is 9.32. The number of carbonyl (C=O) groups is 6. The number of nitrogens with two attached hydrogens (primary N) is 1. The standard InChI is InChI=1S/C24H26N2O5.C19H22N2O3.C5H7BrO3.C2H6O/c1-3-29-22(27)15-20(25-24-26-21(16-31-24)23(28)30-4-2)14-17-10-12-19(13-11-17)18-8-6-5-7-9-18;1-2-24-18(22)13-17(21-19(20)23)12-14-8-10-16(11-9-14)15-6-4-3-5-7-15;1-2-9-5(8)4(7)3-6;1-2-3/h5-13,16,20H,3-4,14-15H2,1-2H3,(H,25,26);3-11,17H,2,12-13H2,1H3,(H3,20,21,23);2-3H2,1H3;3H,2H2,1H3/t20-;17-;;/m11../s1. The SMILES string of the molecule is CCO.CCOC(=O)C(=O)CBr.CCOC(=O)C[C@@H](Cc1ccc(-c2ccccc2)cc1)NC(N)=O.CCOC(=O)C[C@@H](Cc1ccc(-c2ccccc2)cc1)Nc1nc(C(=O)OCC)co1. The molecule has 2 amide bonds. The highest BCUT2D eigenvalue weighted by molar-refractivity contribution is 9.09. The number of alkyl halides is 1. The minimum atomic E-state index is -0.769. The molecule has 0 fully saturated rings. The number of nitrogens with zero attached hydrogens (tertiary/aromatic N) is 1. The van der Waals surface area contributed by atoms with Crippen LogP contribution in [-0.4, -0.2) is 96.2 Å². The summed E-state index contributed by atoms with van der Waals surface area (Å²) in [5, 5.41) is 13.3. The second kappa shape index (κ2) is 32.7. The Kier molecular flexibility index (Phi) is 27.5. The van der Waals surface area contributed by atoms with Crippen LogP contribution in [0, 0.1) is 0 Å². The molecule has 5 rings (SSSR count). The normalized spacial score (nSPS) is 10.9. The molecular weight excluding hydrogens is 928 g/mol. The number of halogens is 1. The number of amides is 2. The molecule has 2 atom stereocenters. The van der Waals surface area contributed by atoms with Gasteiger partial charge in [0.15, 0.2) is 5.69 Å². The first-order chi connectivity index (χ1) is 32.3. The van der Waals surface area contributed by atoms with Gasteiger partial charge in [-0.2, -0.15) is 4.98 Å². The molecule has 0 unspecified atom stereocenters.